The van der Waals surface area contributed by atoms with Gasteiger partial charge in [-0.25, -0.2) is 0 Å². The number of nitrogens with zero attached hydrogens (tertiary/aromatic N) is 1. The number of halogens is 1. The second kappa shape index (κ2) is 5.33. The van der Waals surface area contributed by atoms with E-state index in [1.807, 2.05) is 0 Å². The van der Waals surface area contributed by atoms with Gasteiger partial charge in [-0.3, -0.25) is 4.79 Å². The van der Waals surface area contributed by atoms with Gasteiger partial charge in [-0.2, -0.15) is 0 Å². The lowest BCUT2D eigenvalue weighted by atomic mass is 10.0. The van der Waals surface area contributed by atoms with Crippen LogP contribution >= 0.6 is 15.9 Å². The van der Waals surface area contributed by atoms with E-state index in [0.29, 0.717) is 17.9 Å². The van der Waals surface area contributed by atoms with Gasteiger partial charge >= 0.3 is 0 Å². The summed E-state index contributed by atoms with van der Waals surface area (Å²) in [5.74, 6) is 1.10. The number of carbonyl (C=O) groups excluding carboxylic acids is 1. The van der Waals surface area contributed by atoms with E-state index < -0.39 is 0 Å². The normalized spacial score (nSPS) is 27.5. The molecule has 1 unspecified atom stereocenters. The van der Waals surface area contributed by atoms with Gasteiger partial charge in [-0.05, 0) is 31.6 Å². The second-order valence-electron chi connectivity index (χ2n) is 4.89. The first kappa shape index (κ1) is 11.4. The van der Waals surface area contributed by atoms with Crippen molar-refractivity contribution in [2.75, 3.05) is 11.9 Å². The molecule has 1 aliphatic heterocycles. The van der Waals surface area contributed by atoms with Crippen LogP contribution in [0.1, 0.15) is 44.9 Å². The zero-order valence-corrected chi connectivity index (χ0v) is 10.8. The molecule has 86 valence electrons. The molecular weight excluding hydrogens is 254 g/mol. The van der Waals surface area contributed by atoms with Crippen LogP contribution in [0.4, 0.5) is 0 Å². The fraction of sp³-hybridized carbons (Fsp3) is 0.917. The Labute approximate surface area is 101 Å². The first-order valence-corrected chi connectivity index (χ1v) is 7.29. The highest BCUT2D eigenvalue weighted by atomic mass is 79.9. The van der Waals surface area contributed by atoms with Crippen LogP contribution < -0.4 is 0 Å². The molecule has 15 heavy (non-hydrogen) atoms. The highest BCUT2D eigenvalue weighted by molar-refractivity contribution is 9.09. The summed E-state index contributed by atoms with van der Waals surface area (Å²) in [4.78, 5) is 14.2. The molecule has 0 aromatic carbocycles. The van der Waals surface area contributed by atoms with Gasteiger partial charge in [0, 0.05) is 24.3 Å². The molecule has 2 rings (SSSR count). The quantitative estimate of drug-likeness (QED) is 0.724. The van der Waals surface area contributed by atoms with Gasteiger partial charge in [-0.15, -0.1) is 0 Å². The van der Waals surface area contributed by atoms with Crippen LogP contribution in [-0.2, 0) is 4.79 Å². The molecule has 1 amide bonds. The van der Waals surface area contributed by atoms with Crippen LogP contribution in [0.2, 0.25) is 0 Å². The molecule has 0 bridgehead atoms. The minimum atomic E-state index is 0.406. The molecule has 3 heteroatoms. The molecule has 1 heterocycles. The van der Waals surface area contributed by atoms with Crippen molar-refractivity contribution in [3.63, 3.8) is 0 Å². The molecule has 0 aromatic rings. The van der Waals surface area contributed by atoms with E-state index in [4.69, 9.17) is 0 Å². The van der Waals surface area contributed by atoms with Crippen LogP contribution in [0, 0.1) is 5.92 Å². The lowest BCUT2D eigenvalue weighted by Crippen LogP contribution is -2.37. The Balaban J connectivity index is 1.83. The van der Waals surface area contributed by atoms with Crippen molar-refractivity contribution in [2.24, 2.45) is 5.92 Å². The molecule has 2 nitrogen and oxygen atoms in total. The molecule has 0 spiro atoms. The summed E-state index contributed by atoms with van der Waals surface area (Å²) in [5, 5.41) is 0.948. The topological polar surface area (TPSA) is 20.3 Å². The lowest BCUT2D eigenvalue weighted by Gasteiger charge is -2.24. The van der Waals surface area contributed by atoms with Crippen molar-refractivity contribution in [1.29, 1.82) is 0 Å². The lowest BCUT2D eigenvalue weighted by molar-refractivity contribution is -0.132. The van der Waals surface area contributed by atoms with Gasteiger partial charge in [0.05, 0.1) is 0 Å². The summed E-state index contributed by atoms with van der Waals surface area (Å²) in [6.45, 7) is 0.988. The minimum Gasteiger partial charge on any atom is -0.339 e. The Kier molecular flexibility index (Phi) is 4.06. The van der Waals surface area contributed by atoms with Gasteiger partial charge in [0.1, 0.15) is 0 Å². The number of alkyl halides is 1. The van der Waals surface area contributed by atoms with Crippen molar-refractivity contribution in [2.45, 2.75) is 51.0 Å². The maximum atomic E-state index is 12.1. The summed E-state index contributed by atoms with van der Waals surface area (Å²) in [6, 6.07) is 0.471. The second-order valence-corrected chi connectivity index (χ2v) is 5.54. The average Bonchev–Trinajstić information content (AvgIpc) is 2.86. The van der Waals surface area contributed by atoms with E-state index in [9.17, 15) is 4.79 Å². The highest BCUT2D eigenvalue weighted by Crippen LogP contribution is 2.29. The van der Waals surface area contributed by atoms with E-state index in [2.05, 4.69) is 20.8 Å². The smallest absolute Gasteiger partial charge is 0.223 e. The van der Waals surface area contributed by atoms with E-state index in [1.165, 1.54) is 38.5 Å². The molecule has 1 saturated heterocycles. The first-order valence-electron chi connectivity index (χ1n) is 6.16. The summed E-state index contributed by atoms with van der Waals surface area (Å²) in [5.41, 5.74) is 0. The third-order valence-corrected chi connectivity index (χ3v) is 4.56. The Bertz CT molecular complexity index is 226. The fourth-order valence-electron chi connectivity index (χ4n) is 2.90. The van der Waals surface area contributed by atoms with Crippen LogP contribution in [0.3, 0.4) is 0 Å². The predicted molar refractivity (Wildman–Crippen MR) is 65.1 cm³/mol. The third kappa shape index (κ3) is 2.74. The monoisotopic (exact) mass is 273 g/mol. The number of likely N-dealkylation sites (tertiary alicyclic amines) is 1. The largest absolute Gasteiger partial charge is 0.339 e. The van der Waals surface area contributed by atoms with Gasteiger partial charge in [0.2, 0.25) is 5.91 Å². The molecule has 2 fully saturated rings. The number of hydrogen-bond donors (Lipinski definition) is 0. The van der Waals surface area contributed by atoms with Crippen LogP contribution in [-0.4, -0.2) is 28.7 Å². The van der Waals surface area contributed by atoms with Gasteiger partial charge in [0.25, 0.3) is 0 Å². The zero-order chi connectivity index (χ0) is 10.7. The Morgan fingerprint density at radius 2 is 1.93 bits per heavy atom. The molecule has 1 aliphatic carbocycles. The Morgan fingerprint density at radius 1 is 1.20 bits per heavy atom. The van der Waals surface area contributed by atoms with Crippen molar-refractivity contribution < 1.29 is 4.79 Å². The molecular formula is C12H20BrNO. The van der Waals surface area contributed by atoms with Crippen molar-refractivity contribution in [3.05, 3.63) is 0 Å². The molecule has 0 aromatic heterocycles. The van der Waals surface area contributed by atoms with E-state index in [0.717, 1.165) is 18.3 Å². The maximum Gasteiger partial charge on any atom is 0.223 e. The maximum absolute atomic E-state index is 12.1. The molecule has 0 N–H and O–H groups in total. The highest BCUT2D eigenvalue weighted by Gasteiger charge is 2.29. The van der Waals surface area contributed by atoms with Crippen LogP contribution in [0.25, 0.3) is 0 Å². The standard InChI is InChI=1S/C12H20BrNO/c13-9-11-6-3-7-14(11)12(15)8-10-4-1-2-5-10/h10-11H,1-9H2. The predicted octanol–water partition coefficient (Wildman–Crippen LogP) is 2.95. The van der Waals surface area contributed by atoms with Crippen molar-refractivity contribution in [1.82, 2.24) is 4.90 Å². The third-order valence-electron chi connectivity index (χ3n) is 3.81. The number of rotatable bonds is 3. The van der Waals surface area contributed by atoms with E-state index in [-0.39, 0.29) is 0 Å². The van der Waals surface area contributed by atoms with E-state index in [1.54, 1.807) is 0 Å². The Hall–Kier alpha value is -0.0500. The molecule has 0 radical (unpaired) electrons. The van der Waals surface area contributed by atoms with Crippen molar-refractivity contribution >= 4 is 21.8 Å². The van der Waals surface area contributed by atoms with E-state index >= 15 is 0 Å². The summed E-state index contributed by atoms with van der Waals surface area (Å²) in [6.07, 6.45) is 8.40. The number of carbonyl (C=O) groups is 1. The SMILES string of the molecule is O=C(CC1CCCC1)N1CCCC1CBr. The fourth-order valence-corrected chi connectivity index (χ4v) is 3.58. The average molecular weight is 274 g/mol. The molecule has 2 aliphatic rings. The summed E-state index contributed by atoms with van der Waals surface area (Å²) in [7, 11) is 0. The molecule has 1 saturated carbocycles. The van der Waals surface area contributed by atoms with Gasteiger partial charge < -0.3 is 4.90 Å². The summed E-state index contributed by atoms with van der Waals surface area (Å²) >= 11 is 3.50. The number of hydrogen-bond acceptors (Lipinski definition) is 1. The number of amides is 1. The zero-order valence-electron chi connectivity index (χ0n) is 9.25. The van der Waals surface area contributed by atoms with Crippen LogP contribution in [0.5, 0.6) is 0 Å². The summed E-state index contributed by atoms with van der Waals surface area (Å²) < 4.78 is 0. The van der Waals surface area contributed by atoms with Gasteiger partial charge in [-0.1, -0.05) is 28.8 Å². The molecule has 1 atom stereocenters. The van der Waals surface area contributed by atoms with Crippen molar-refractivity contribution in [3.8, 4) is 0 Å². The van der Waals surface area contributed by atoms with Gasteiger partial charge in [0.15, 0.2) is 0 Å². The minimum absolute atomic E-state index is 0.406. The van der Waals surface area contributed by atoms with Crippen LogP contribution in [0.15, 0.2) is 0 Å². The first-order chi connectivity index (χ1) is 7.31. The Morgan fingerprint density at radius 3 is 2.60 bits per heavy atom.